The molecule has 3 aromatic rings. The van der Waals surface area contributed by atoms with E-state index in [-0.39, 0.29) is 6.10 Å². The van der Waals surface area contributed by atoms with Gasteiger partial charge < -0.3 is 23.9 Å². The van der Waals surface area contributed by atoms with Gasteiger partial charge in [0.25, 0.3) is 0 Å². The van der Waals surface area contributed by atoms with Crippen LogP contribution in [-0.4, -0.2) is 47.4 Å². The van der Waals surface area contributed by atoms with Crippen molar-refractivity contribution in [3.8, 4) is 17.0 Å². The zero-order valence-electron chi connectivity index (χ0n) is 18.7. The summed E-state index contributed by atoms with van der Waals surface area (Å²) in [6.07, 6.45) is 7.45. The second-order valence-electron chi connectivity index (χ2n) is 8.84. The van der Waals surface area contributed by atoms with Crippen LogP contribution in [0.5, 0.6) is 5.88 Å². The number of hydrogen-bond donors (Lipinski definition) is 1. The van der Waals surface area contributed by atoms with Gasteiger partial charge in [0.2, 0.25) is 17.7 Å². The minimum atomic E-state index is -0.00360. The van der Waals surface area contributed by atoms with Crippen molar-refractivity contribution >= 4 is 17.0 Å². The summed E-state index contributed by atoms with van der Waals surface area (Å²) in [6.45, 7) is 3.95. The average molecular weight is 439 g/mol. The van der Waals surface area contributed by atoms with E-state index in [0.717, 1.165) is 47.4 Å². The summed E-state index contributed by atoms with van der Waals surface area (Å²) in [6, 6.07) is 6.28. The van der Waals surface area contributed by atoms with E-state index in [2.05, 4.69) is 22.2 Å². The molecule has 0 spiro atoms. The Morgan fingerprint density at radius 2 is 2.00 bits per heavy atom. The molecule has 8 heteroatoms. The first-order valence-electron chi connectivity index (χ1n) is 11.4. The number of ether oxygens (including phenoxy) is 3. The maximum Gasteiger partial charge on any atom is 0.226 e. The topological polar surface area (TPSA) is 91.5 Å². The summed E-state index contributed by atoms with van der Waals surface area (Å²) in [5.41, 5.74) is 3.25. The monoisotopic (exact) mass is 438 g/mol. The first-order valence-corrected chi connectivity index (χ1v) is 11.4. The van der Waals surface area contributed by atoms with E-state index in [0.29, 0.717) is 43.6 Å². The number of nitrogens with one attached hydrogen (secondary N) is 1. The molecular weight excluding hydrogens is 408 g/mol. The van der Waals surface area contributed by atoms with Gasteiger partial charge in [0.05, 0.1) is 18.8 Å². The minimum Gasteiger partial charge on any atom is -0.471 e. The van der Waals surface area contributed by atoms with Crippen LogP contribution in [0, 0.1) is 5.92 Å². The van der Waals surface area contributed by atoms with Crippen LogP contribution in [0.1, 0.15) is 44.9 Å². The van der Waals surface area contributed by atoms with E-state index >= 15 is 0 Å². The van der Waals surface area contributed by atoms with Gasteiger partial charge in [-0.15, -0.1) is 0 Å². The van der Waals surface area contributed by atoms with Gasteiger partial charge in [-0.25, -0.2) is 9.97 Å². The highest BCUT2D eigenvalue weighted by molar-refractivity contribution is 5.81. The second kappa shape index (κ2) is 9.42. The Morgan fingerprint density at radius 3 is 2.78 bits per heavy atom. The van der Waals surface area contributed by atoms with Crippen LogP contribution in [0.3, 0.4) is 0 Å². The van der Waals surface area contributed by atoms with Crippen molar-refractivity contribution in [1.82, 2.24) is 15.0 Å². The number of nitrogens with zero attached hydrogens (tertiary/aromatic N) is 3. The minimum absolute atomic E-state index is 0.00360. The number of anilines is 1. The van der Waals surface area contributed by atoms with Crippen molar-refractivity contribution in [1.29, 1.82) is 0 Å². The Balaban J connectivity index is 1.44. The molecule has 0 unspecified atom stereocenters. The Morgan fingerprint density at radius 1 is 1.12 bits per heavy atom. The van der Waals surface area contributed by atoms with Crippen molar-refractivity contribution in [2.45, 2.75) is 57.8 Å². The molecule has 1 saturated heterocycles. The lowest BCUT2D eigenvalue weighted by molar-refractivity contribution is 0.138. The summed E-state index contributed by atoms with van der Waals surface area (Å²) in [7, 11) is 1.62. The van der Waals surface area contributed by atoms with Gasteiger partial charge in [0.15, 0.2) is 5.58 Å². The fourth-order valence-corrected chi connectivity index (χ4v) is 4.40. The Hall–Kier alpha value is -2.71. The summed E-state index contributed by atoms with van der Waals surface area (Å²) < 4.78 is 22.6. The van der Waals surface area contributed by atoms with Gasteiger partial charge in [-0.3, -0.25) is 0 Å². The molecule has 1 saturated carbocycles. The molecule has 3 heterocycles. The molecule has 1 atom stereocenters. The van der Waals surface area contributed by atoms with Crippen molar-refractivity contribution in [2.75, 3.05) is 25.6 Å². The van der Waals surface area contributed by atoms with E-state index in [4.69, 9.17) is 23.6 Å². The molecule has 5 rings (SSSR count). The first kappa shape index (κ1) is 21.2. The Kier molecular flexibility index (Phi) is 6.23. The summed E-state index contributed by atoms with van der Waals surface area (Å²) in [4.78, 5) is 13.9. The van der Waals surface area contributed by atoms with Gasteiger partial charge in [0, 0.05) is 25.8 Å². The molecule has 2 fully saturated rings. The van der Waals surface area contributed by atoms with E-state index in [1.807, 2.05) is 24.4 Å². The lowest BCUT2D eigenvalue weighted by atomic mass is 9.87. The second-order valence-corrected chi connectivity index (χ2v) is 8.84. The van der Waals surface area contributed by atoms with Gasteiger partial charge in [-0.05, 0) is 49.3 Å². The van der Waals surface area contributed by atoms with Crippen molar-refractivity contribution < 1.29 is 18.6 Å². The van der Waals surface area contributed by atoms with Crippen LogP contribution >= 0.6 is 0 Å². The lowest BCUT2D eigenvalue weighted by Crippen LogP contribution is -2.26. The molecule has 2 aromatic heterocycles. The highest BCUT2D eigenvalue weighted by atomic mass is 16.5. The standard InChI is InChI=1S/C24H30N4O4/c1-15-3-6-17(7-4-15)26-24-25-12-19(23(28-24)31-18-9-10-30-13-18)16-5-8-21-20(11-16)27-22(32-21)14-29-2/h5,8,11-12,15,17-18H,3-4,6-7,9-10,13-14H2,1-2H3,(H,25,26,28)/t15-,17+,18-/m1/s1. The zero-order valence-corrected chi connectivity index (χ0v) is 18.7. The summed E-state index contributed by atoms with van der Waals surface area (Å²) in [5.74, 6) is 2.54. The summed E-state index contributed by atoms with van der Waals surface area (Å²) in [5, 5.41) is 3.52. The van der Waals surface area contributed by atoms with Crippen LogP contribution in [0.2, 0.25) is 0 Å². The number of aromatic nitrogens is 3. The highest BCUT2D eigenvalue weighted by Crippen LogP contribution is 2.33. The number of methoxy groups -OCH3 is 1. The molecule has 1 aromatic carbocycles. The molecule has 0 radical (unpaired) electrons. The van der Waals surface area contributed by atoms with Gasteiger partial charge in [-0.1, -0.05) is 13.0 Å². The molecular formula is C24H30N4O4. The molecule has 2 aliphatic rings. The molecule has 1 aliphatic heterocycles. The van der Waals surface area contributed by atoms with E-state index in [1.165, 1.54) is 12.8 Å². The fourth-order valence-electron chi connectivity index (χ4n) is 4.40. The fraction of sp³-hybridized carbons (Fsp3) is 0.542. The van der Waals surface area contributed by atoms with Gasteiger partial charge in [0.1, 0.15) is 18.2 Å². The van der Waals surface area contributed by atoms with Gasteiger partial charge >= 0.3 is 0 Å². The number of benzene rings is 1. The normalized spacial score (nSPS) is 23.5. The molecule has 8 nitrogen and oxygen atoms in total. The average Bonchev–Trinajstić information content (AvgIpc) is 3.45. The predicted octanol–water partition coefficient (Wildman–Crippen LogP) is 4.59. The number of hydrogen-bond acceptors (Lipinski definition) is 8. The van der Waals surface area contributed by atoms with E-state index in [9.17, 15) is 0 Å². The lowest BCUT2D eigenvalue weighted by Gasteiger charge is -2.27. The molecule has 32 heavy (non-hydrogen) atoms. The largest absolute Gasteiger partial charge is 0.471 e. The number of oxazole rings is 1. The summed E-state index contributed by atoms with van der Waals surface area (Å²) >= 11 is 0. The third kappa shape index (κ3) is 4.71. The van der Waals surface area contributed by atoms with Crippen molar-refractivity contribution in [2.24, 2.45) is 5.92 Å². The van der Waals surface area contributed by atoms with Crippen LogP contribution in [0.4, 0.5) is 5.95 Å². The maximum atomic E-state index is 6.28. The molecule has 1 aliphatic carbocycles. The third-order valence-corrected chi connectivity index (χ3v) is 6.28. The van der Waals surface area contributed by atoms with Crippen LogP contribution in [-0.2, 0) is 16.1 Å². The van der Waals surface area contributed by atoms with E-state index < -0.39 is 0 Å². The van der Waals surface area contributed by atoms with Crippen molar-refractivity contribution in [3.05, 3.63) is 30.3 Å². The first-order chi connectivity index (χ1) is 15.7. The smallest absolute Gasteiger partial charge is 0.226 e. The van der Waals surface area contributed by atoms with Gasteiger partial charge in [-0.2, -0.15) is 4.98 Å². The van der Waals surface area contributed by atoms with E-state index in [1.54, 1.807) is 7.11 Å². The molecule has 1 N–H and O–H groups in total. The number of fused-ring (bicyclic) bond motifs is 1. The molecule has 0 bridgehead atoms. The highest BCUT2D eigenvalue weighted by Gasteiger charge is 2.23. The zero-order chi connectivity index (χ0) is 21.9. The third-order valence-electron chi connectivity index (χ3n) is 6.28. The molecule has 0 amide bonds. The van der Waals surface area contributed by atoms with Crippen LogP contribution < -0.4 is 10.1 Å². The molecule has 170 valence electrons. The van der Waals surface area contributed by atoms with Crippen LogP contribution in [0.25, 0.3) is 22.2 Å². The maximum absolute atomic E-state index is 6.28. The number of rotatable bonds is 7. The van der Waals surface area contributed by atoms with Crippen LogP contribution in [0.15, 0.2) is 28.8 Å². The Bertz CT molecular complexity index is 1060. The quantitative estimate of drug-likeness (QED) is 0.573. The predicted molar refractivity (Wildman–Crippen MR) is 121 cm³/mol. The van der Waals surface area contributed by atoms with Crippen molar-refractivity contribution in [3.63, 3.8) is 0 Å². The Labute approximate surface area is 187 Å². The SMILES string of the molecule is COCc1nc2cc(-c3cnc(N[C@H]4CC[C@@H](C)CC4)nc3O[C@@H]3CCOC3)ccc2o1.